The fourth-order valence-electron chi connectivity index (χ4n) is 2.81. The molecule has 2 unspecified atom stereocenters. The van der Waals surface area contributed by atoms with Gasteiger partial charge in [0.1, 0.15) is 0 Å². The van der Waals surface area contributed by atoms with E-state index in [0.29, 0.717) is 0 Å². The molecule has 2 atom stereocenters. The third kappa shape index (κ3) is 1.57. The summed E-state index contributed by atoms with van der Waals surface area (Å²) in [4.78, 5) is 3.91. The average molecular weight is 243 g/mol. The molecule has 0 amide bonds. The second-order valence-electron chi connectivity index (χ2n) is 5.09. The largest absolute Gasteiger partial charge is 0.353 e. The van der Waals surface area contributed by atoms with E-state index in [4.69, 9.17) is 14.6 Å². The molecule has 0 saturated heterocycles. The number of methoxy groups -OCH3 is 2. The zero-order valence-electron chi connectivity index (χ0n) is 11.5. The smallest absolute Gasteiger partial charge is 0.283 e. The van der Waals surface area contributed by atoms with Gasteiger partial charge in [-0.1, -0.05) is 4.99 Å². The van der Waals surface area contributed by atoms with Crippen LogP contribution in [0.1, 0.15) is 27.7 Å². The molecule has 5 nitrogen and oxygen atoms in total. The van der Waals surface area contributed by atoms with Gasteiger partial charge in [-0.15, -0.1) is 0 Å². The summed E-state index contributed by atoms with van der Waals surface area (Å²) in [6.07, 6.45) is 0.774. The van der Waals surface area contributed by atoms with Crippen molar-refractivity contribution in [2.45, 2.75) is 45.2 Å². The minimum Gasteiger partial charge on any atom is -0.353 e. The van der Waals surface area contributed by atoms with Crippen LogP contribution < -0.4 is 0 Å². The number of rotatable bonds is 5. The van der Waals surface area contributed by atoms with Gasteiger partial charge in [-0.2, -0.15) is 0 Å². The van der Waals surface area contributed by atoms with Crippen LogP contribution in [-0.2, 0) is 9.47 Å². The summed E-state index contributed by atoms with van der Waals surface area (Å²) in [7, 11) is 3.24. The first kappa shape index (κ1) is 14.3. The molecule has 1 N–H and O–H groups in total. The van der Waals surface area contributed by atoms with E-state index in [9.17, 15) is 0 Å². The summed E-state index contributed by atoms with van der Waals surface area (Å²) in [6, 6.07) is 0. The molecule has 1 aliphatic rings. The first-order chi connectivity index (χ1) is 7.71. The minimum absolute atomic E-state index is 0.226. The second-order valence-corrected chi connectivity index (χ2v) is 5.09. The van der Waals surface area contributed by atoms with Crippen LogP contribution in [0.2, 0.25) is 0 Å². The maximum atomic E-state index is 9.15. The van der Waals surface area contributed by atoms with Crippen LogP contribution in [0, 0.1) is 5.41 Å². The molecule has 0 radical (unpaired) electrons. The lowest BCUT2D eigenvalue weighted by Crippen LogP contribution is -2.36. The molecule has 0 spiro atoms. The van der Waals surface area contributed by atoms with Gasteiger partial charge < -0.3 is 14.6 Å². The van der Waals surface area contributed by atoms with Crippen molar-refractivity contribution in [1.82, 2.24) is 0 Å². The van der Waals surface area contributed by atoms with Gasteiger partial charge >= 0.3 is 0 Å². The van der Waals surface area contributed by atoms with Crippen LogP contribution >= 0.6 is 0 Å². The first-order valence-electron chi connectivity index (χ1n) is 5.62. The Kier molecular flexibility index (Phi) is 3.49. The summed E-state index contributed by atoms with van der Waals surface area (Å²) < 4.78 is 12.7. The monoisotopic (exact) mass is 243 g/mol. The zero-order chi connectivity index (χ0) is 13.5. The number of hydrogen-bond acceptors (Lipinski definition) is 4. The predicted molar refractivity (Wildman–Crippen MR) is 66.5 cm³/mol. The SMILES string of the molecule is C=[N+](/C=N\C(C)O)C1(C)C(C)(C)C1(OC)OC. The normalized spacial score (nSPS) is 31.5. The number of hydrogen-bond donors (Lipinski definition) is 1. The Balaban J connectivity index is 3.02. The Labute approximate surface area is 103 Å². The fraction of sp³-hybridized carbons (Fsp3) is 0.833. The zero-order valence-corrected chi connectivity index (χ0v) is 11.5. The van der Waals surface area contributed by atoms with Gasteiger partial charge in [0.25, 0.3) is 6.34 Å². The molecule has 98 valence electrons. The van der Waals surface area contributed by atoms with Gasteiger partial charge in [0, 0.05) is 21.1 Å². The molecular formula is C12H23N2O3+. The highest BCUT2D eigenvalue weighted by Crippen LogP contribution is 2.68. The highest BCUT2D eigenvalue weighted by molar-refractivity contribution is 5.51. The van der Waals surface area contributed by atoms with Crippen LogP contribution in [-0.4, -0.2) is 54.5 Å². The maximum absolute atomic E-state index is 9.15. The van der Waals surface area contributed by atoms with E-state index in [0.717, 1.165) is 0 Å². The van der Waals surface area contributed by atoms with E-state index in [1.54, 1.807) is 25.7 Å². The quantitative estimate of drug-likeness (QED) is 0.337. The highest BCUT2D eigenvalue weighted by atomic mass is 16.7. The molecule has 0 aromatic carbocycles. The Hall–Kier alpha value is -0.780. The van der Waals surface area contributed by atoms with Gasteiger partial charge in [0.05, 0.1) is 12.1 Å². The lowest BCUT2D eigenvalue weighted by atomic mass is 10.1. The highest BCUT2D eigenvalue weighted by Gasteiger charge is 2.87. The van der Waals surface area contributed by atoms with E-state index in [-0.39, 0.29) is 5.41 Å². The van der Waals surface area contributed by atoms with E-state index >= 15 is 0 Å². The number of nitrogens with zero attached hydrogens (tertiary/aromatic N) is 2. The Morgan fingerprint density at radius 1 is 1.29 bits per heavy atom. The molecule has 17 heavy (non-hydrogen) atoms. The third-order valence-corrected chi connectivity index (χ3v) is 4.19. The van der Waals surface area contributed by atoms with Gasteiger partial charge in [-0.05, 0) is 20.8 Å². The molecule has 0 bridgehead atoms. The number of aliphatic hydroxyl groups excluding tert-OH is 1. The Morgan fingerprint density at radius 3 is 2.06 bits per heavy atom. The topological polar surface area (TPSA) is 54.1 Å². The van der Waals surface area contributed by atoms with Crippen molar-refractivity contribution in [3.63, 3.8) is 0 Å². The molecular weight excluding hydrogens is 220 g/mol. The summed E-state index contributed by atoms with van der Waals surface area (Å²) in [5.41, 5.74) is -0.655. The molecule has 0 aliphatic heterocycles. The number of aliphatic hydroxyl groups is 1. The van der Waals surface area contributed by atoms with Gasteiger partial charge in [-0.3, -0.25) is 0 Å². The standard InChI is InChI=1S/C12H23N2O3/c1-9(15)13-8-14(5)11(4)10(2,3)12(11,16-6)17-7/h8-9,15H,5H2,1-4,6-7H3/q+1/b13-8-. The van der Waals surface area contributed by atoms with E-state index in [2.05, 4.69) is 11.7 Å². The lowest BCUT2D eigenvalue weighted by Gasteiger charge is -2.17. The minimum atomic E-state index is -0.746. The van der Waals surface area contributed by atoms with Crippen molar-refractivity contribution in [3.05, 3.63) is 0 Å². The maximum Gasteiger partial charge on any atom is 0.283 e. The number of aliphatic imine (C=N–C) groups is 1. The summed E-state index contributed by atoms with van der Waals surface area (Å²) in [5, 5.41) is 9.15. The molecule has 1 aliphatic carbocycles. The van der Waals surface area contributed by atoms with Crippen molar-refractivity contribution in [2.24, 2.45) is 10.4 Å². The van der Waals surface area contributed by atoms with Crippen LogP contribution in [0.25, 0.3) is 0 Å². The molecule has 0 aromatic rings. The fourth-order valence-corrected chi connectivity index (χ4v) is 2.81. The van der Waals surface area contributed by atoms with Gasteiger partial charge in [0.2, 0.25) is 12.0 Å². The molecule has 0 heterocycles. The molecule has 1 saturated carbocycles. The van der Waals surface area contributed by atoms with E-state index in [1.807, 2.05) is 20.8 Å². The summed E-state index contributed by atoms with van der Waals surface area (Å²) in [6.45, 7) is 11.6. The Bertz CT molecular complexity index is 346. The first-order valence-corrected chi connectivity index (χ1v) is 5.62. The summed E-state index contributed by atoms with van der Waals surface area (Å²) in [5.74, 6) is -0.716. The molecule has 5 heteroatoms. The van der Waals surface area contributed by atoms with Gasteiger partial charge in [0.15, 0.2) is 5.54 Å². The number of ether oxygens (including phenoxy) is 2. The van der Waals surface area contributed by atoms with Crippen molar-refractivity contribution in [3.8, 4) is 0 Å². The van der Waals surface area contributed by atoms with E-state index in [1.165, 1.54) is 6.34 Å². The third-order valence-electron chi connectivity index (χ3n) is 4.19. The van der Waals surface area contributed by atoms with Gasteiger partial charge in [-0.25, -0.2) is 4.58 Å². The molecule has 1 fully saturated rings. The van der Waals surface area contributed by atoms with Crippen LogP contribution in [0.5, 0.6) is 0 Å². The van der Waals surface area contributed by atoms with Crippen LogP contribution in [0.15, 0.2) is 4.99 Å². The Morgan fingerprint density at radius 2 is 1.76 bits per heavy atom. The lowest BCUT2D eigenvalue weighted by molar-refractivity contribution is -0.480. The van der Waals surface area contributed by atoms with E-state index < -0.39 is 17.6 Å². The molecule has 0 aromatic heterocycles. The second kappa shape index (κ2) is 4.15. The van der Waals surface area contributed by atoms with Crippen molar-refractivity contribution in [2.75, 3.05) is 14.2 Å². The van der Waals surface area contributed by atoms with Crippen molar-refractivity contribution >= 4 is 13.1 Å². The van der Waals surface area contributed by atoms with Crippen molar-refractivity contribution < 1.29 is 19.2 Å². The summed E-state index contributed by atoms with van der Waals surface area (Å²) >= 11 is 0. The average Bonchev–Trinajstić information content (AvgIpc) is 2.66. The molecule has 1 rings (SSSR count). The van der Waals surface area contributed by atoms with Crippen LogP contribution in [0.4, 0.5) is 0 Å². The predicted octanol–water partition coefficient (Wildman–Crippen LogP) is 0.854. The van der Waals surface area contributed by atoms with Crippen molar-refractivity contribution in [1.29, 1.82) is 0 Å². The van der Waals surface area contributed by atoms with Crippen LogP contribution in [0.3, 0.4) is 0 Å².